The van der Waals surface area contributed by atoms with Crippen LogP contribution in [0.25, 0.3) is 11.0 Å². The zero-order valence-electron chi connectivity index (χ0n) is 34.6. The number of aromatic nitrogens is 2. The highest BCUT2D eigenvalue weighted by Crippen LogP contribution is 2.48. The van der Waals surface area contributed by atoms with Gasteiger partial charge < -0.3 is 24.8 Å². The summed E-state index contributed by atoms with van der Waals surface area (Å²) in [6, 6.07) is 36.2. The number of fused-ring (bicyclic) bond motifs is 3. The summed E-state index contributed by atoms with van der Waals surface area (Å²) in [4.78, 5) is 27.8. The molecular formula is C49H55ClF2N6O2S. The number of β-amino-alcohol motifs (C(OH)–C–C–N with tert-alkyl or cyclic N) is 1. The molecule has 3 aliphatic rings. The molecule has 2 N–H and O–H groups in total. The number of benzene rings is 5. The molecule has 0 radical (unpaired) electrons. The van der Waals surface area contributed by atoms with E-state index in [0.29, 0.717) is 0 Å². The maximum Gasteiger partial charge on any atom is 0.326 e. The van der Waals surface area contributed by atoms with Crippen molar-refractivity contribution >= 4 is 45.8 Å². The molecule has 2 saturated heterocycles. The average Bonchev–Trinajstić information content (AvgIpc) is 3.62. The van der Waals surface area contributed by atoms with Crippen LogP contribution in [0.15, 0.2) is 130 Å². The molecule has 8 nitrogen and oxygen atoms in total. The van der Waals surface area contributed by atoms with Gasteiger partial charge in [0.05, 0.1) is 29.0 Å². The number of para-hydroxylation sites is 3. The van der Waals surface area contributed by atoms with E-state index >= 15 is 0 Å². The largest absolute Gasteiger partial charge is 0.395 e. The van der Waals surface area contributed by atoms with Gasteiger partial charge >= 0.3 is 5.69 Å². The minimum atomic E-state index is -0.251. The van der Waals surface area contributed by atoms with Crippen molar-refractivity contribution in [2.24, 2.45) is 0 Å². The number of imidazole rings is 1. The highest BCUT2D eigenvalue weighted by Gasteiger charge is 2.26. The Morgan fingerprint density at radius 3 is 1.95 bits per heavy atom. The van der Waals surface area contributed by atoms with Gasteiger partial charge in [-0.3, -0.25) is 9.47 Å². The van der Waals surface area contributed by atoms with Crippen LogP contribution >= 0.6 is 23.4 Å². The van der Waals surface area contributed by atoms with Crippen LogP contribution in [-0.2, 0) is 0 Å². The Kier molecular flexibility index (Phi) is 14.6. The van der Waals surface area contributed by atoms with Gasteiger partial charge in [0.2, 0.25) is 0 Å². The molecule has 3 aliphatic heterocycles. The summed E-state index contributed by atoms with van der Waals surface area (Å²) in [6.45, 7) is 10.3. The molecule has 0 aliphatic carbocycles. The zero-order valence-corrected chi connectivity index (χ0v) is 36.1. The van der Waals surface area contributed by atoms with Crippen LogP contribution in [0.4, 0.5) is 20.2 Å². The number of aromatic amines is 1. The normalized spacial score (nSPS) is 16.4. The van der Waals surface area contributed by atoms with Gasteiger partial charge in [0.1, 0.15) is 11.6 Å². The molecule has 0 unspecified atom stereocenters. The number of likely N-dealkylation sites (tertiary alicyclic amines) is 1. The number of anilines is 2. The number of aliphatic hydroxyl groups excluding tert-OH is 1. The number of piperidine rings is 1. The fourth-order valence-electron chi connectivity index (χ4n) is 9.15. The minimum absolute atomic E-state index is 0.0268. The van der Waals surface area contributed by atoms with Crippen LogP contribution < -0.4 is 10.6 Å². The van der Waals surface area contributed by atoms with Gasteiger partial charge in [-0.1, -0.05) is 71.9 Å². The number of aliphatic hydroxyl groups is 1. The van der Waals surface area contributed by atoms with E-state index in [9.17, 15) is 13.6 Å². The van der Waals surface area contributed by atoms with E-state index in [2.05, 4.69) is 61.0 Å². The molecule has 2 fully saturated rings. The molecule has 0 amide bonds. The van der Waals surface area contributed by atoms with Crippen molar-refractivity contribution in [2.75, 3.05) is 77.0 Å². The lowest BCUT2D eigenvalue weighted by atomic mass is 9.87. The van der Waals surface area contributed by atoms with Crippen molar-refractivity contribution in [3.05, 3.63) is 154 Å². The van der Waals surface area contributed by atoms with Crippen molar-refractivity contribution in [3.8, 4) is 0 Å². The van der Waals surface area contributed by atoms with E-state index < -0.39 is 0 Å². The number of hydrogen-bond donors (Lipinski definition) is 2. The summed E-state index contributed by atoms with van der Waals surface area (Å²) in [5, 5.41) is 9.87. The molecule has 12 heteroatoms. The second-order valence-electron chi connectivity index (χ2n) is 16.3. The second kappa shape index (κ2) is 20.6. The van der Waals surface area contributed by atoms with Crippen LogP contribution in [0.5, 0.6) is 0 Å². The summed E-state index contributed by atoms with van der Waals surface area (Å²) in [6.07, 6.45) is 4.89. The number of rotatable bonds is 13. The van der Waals surface area contributed by atoms with Crippen molar-refractivity contribution in [2.45, 2.75) is 53.9 Å². The summed E-state index contributed by atoms with van der Waals surface area (Å²) in [7, 11) is 0. The second-order valence-corrected chi connectivity index (χ2v) is 17.8. The van der Waals surface area contributed by atoms with Gasteiger partial charge in [-0.25, -0.2) is 13.6 Å². The van der Waals surface area contributed by atoms with Crippen LogP contribution in [0.1, 0.15) is 55.2 Å². The maximum absolute atomic E-state index is 13.5. The average molecular weight is 866 g/mol. The number of hydrogen-bond acceptors (Lipinski definition) is 7. The molecule has 9 rings (SSSR count). The third kappa shape index (κ3) is 10.8. The molecule has 0 saturated carbocycles. The molecule has 320 valence electrons. The van der Waals surface area contributed by atoms with E-state index in [-0.39, 0.29) is 35.9 Å². The molecule has 1 aromatic heterocycles. The fraction of sp³-hybridized carbons (Fsp3) is 0.367. The first-order valence-electron chi connectivity index (χ1n) is 21.6. The van der Waals surface area contributed by atoms with Crippen LogP contribution in [0.2, 0.25) is 5.02 Å². The Labute approximate surface area is 366 Å². The topological polar surface area (TPSA) is 71.0 Å². The van der Waals surface area contributed by atoms with Crippen molar-refractivity contribution in [1.29, 1.82) is 0 Å². The molecule has 5 aromatic carbocycles. The van der Waals surface area contributed by atoms with Crippen molar-refractivity contribution < 1.29 is 13.9 Å². The van der Waals surface area contributed by atoms with Gasteiger partial charge in [0, 0.05) is 79.1 Å². The van der Waals surface area contributed by atoms with Crippen molar-refractivity contribution in [3.63, 3.8) is 0 Å². The fourth-order valence-corrected chi connectivity index (χ4v) is 10.4. The SMILES string of the molecule is O=c1[nH]c2ccccc2n1C1CCN(CCCC(c2ccc(F)cc2)c2ccc(F)cc2)CC1.OCCN1CCN(CCCN2c3ccccc3Sc3ccc(Cl)cc32)CC1. The highest BCUT2D eigenvalue weighted by atomic mass is 35.5. The first-order valence-corrected chi connectivity index (χ1v) is 22.8. The number of nitrogens with zero attached hydrogens (tertiary/aromatic N) is 5. The lowest BCUT2D eigenvalue weighted by Crippen LogP contribution is -2.47. The van der Waals surface area contributed by atoms with Crippen LogP contribution in [0.3, 0.4) is 0 Å². The van der Waals surface area contributed by atoms with Crippen LogP contribution in [-0.4, -0.2) is 101 Å². The van der Waals surface area contributed by atoms with Gasteiger partial charge in [-0.2, -0.15) is 0 Å². The van der Waals surface area contributed by atoms with E-state index in [1.807, 2.05) is 70.9 Å². The third-order valence-corrected chi connectivity index (χ3v) is 13.7. The predicted octanol–water partition coefficient (Wildman–Crippen LogP) is 9.80. The zero-order chi connectivity index (χ0) is 42.1. The van der Waals surface area contributed by atoms with Crippen molar-refractivity contribution in [1.82, 2.24) is 24.3 Å². The molecule has 61 heavy (non-hydrogen) atoms. The van der Waals surface area contributed by atoms with Gasteiger partial charge in [-0.15, -0.1) is 0 Å². The summed E-state index contributed by atoms with van der Waals surface area (Å²) < 4.78 is 28.9. The quantitative estimate of drug-likeness (QED) is 0.120. The smallest absolute Gasteiger partial charge is 0.326 e. The Morgan fingerprint density at radius 1 is 0.672 bits per heavy atom. The Balaban J connectivity index is 0.000000173. The standard InChI is InChI=1S/C28H29F2N3O.C21H26ClN3OS/c29-22-11-7-20(8-12-22)25(21-9-13-23(30)14-10-21)4-3-17-32-18-15-24(16-19-32)33-27-6-2-1-5-26(27)31-28(33)34;22-17-6-7-21-19(16-17)25(18-4-1-2-5-20(18)27-21)9-3-8-23-10-12-24(13-11-23)14-15-26/h1-2,5-14,24-25H,3-4,15-19H2,(H,31,34);1-2,4-7,16,26H,3,8-15H2. The summed E-state index contributed by atoms with van der Waals surface area (Å²) in [5.41, 5.74) is 6.44. The lowest BCUT2D eigenvalue weighted by molar-refractivity contribution is 0.112. The third-order valence-electron chi connectivity index (χ3n) is 12.4. The van der Waals surface area contributed by atoms with E-state index in [0.717, 1.165) is 125 Å². The molecule has 0 atom stereocenters. The summed E-state index contributed by atoms with van der Waals surface area (Å²) >= 11 is 8.12. The lowest BCUT2D eigenvalue weighted by Gasteiger charge is -2.36. The number of nitrogens with one attached hydrogen (secondary N) is 1. The Morgan fingerprint density at radius 2 is 1.26 bits per heavy atom. The molecule has 4 heterocycles. The molecular weight excluding hydrogens is 810 g/mol. The highest BCUT2D eigenvalue weighted by molar-refractivity contribution is 7.99. The monoisotopic (exact) mass is 864 g/mol. The Bertz CT molecular complexity index is 2350. The summed E-state index contributed by atoms with van der Waals surface area (Å²) in [5.74, 6) is -0.402. The number of piperazine rings is 1. The first kappa shape index (κ1) is 43.2. The van der Waals surface area contributed by atoms with E-state index in [1.54, 1.807) is 0 Å². The Hall–Kier alpha value is -4.49. The number of halogens is 3. The molecule has 0 spiro atoms. The number of H-pyrrole nitrogens is 1. The van der Waals surface area contributed by atoms with Gasteiger partial charge in [-0.05, 0) is 123 Å². The minimum Gasteiger partial charge on any atom is -0.395 e. The van der Waals surface area contributed by atoms with Gasteiger partial charge in [0.25, 0.3) is 0 Å². The predicted molar refractivity (Wildman–Crippen MR) is 245 cm³/mol. The maximum atomic E-state index is 13.5. The van der Waals surface area contributed by atoms with Crippen LogP contribution in [0, 0.1) is 11.6 Å². The van der Waals surface area contributed by atoms with E-state index in [4.69, 9.17) is 16.7 Å². The molecule has 0 bridgehead atoms. The van der Waals surface area contributed by atoms with Gasteiger partial charge in [0.15, 0.2) is 0 Å². The first-order chi connectivity index (χ1) is 29.8. The van der Waals surface area contributed by atoms with E-state index in [1.165, 1.54) is 45.4 Å². The molecule has 6 aromatic rings.